The molecule has 0 bridgehead atoms. The van der Waals surface area contributed by atoms with Gasteiger partial charge in [-0.05, 0) is 37.1 Å². The lowest BCUT2D eigenvalue weighted by Crippen LogP contribution is -2.38. The van der Waals surface area contributed by atoms with Crippen LogP contribution in [-0.4, -0.2) is 37.1 Å². The van der Waals surface area contributed by atoms with E-state index in [2.05, 4.69) is 46.4 Å². The smallest absolute Gasteiger partial charge is 0.256 e. The quantitative estimate of drug-likeness (QED) is 0.920. The average Bonchev–Trinajstić information content (AvgIpc) is 2.90. The number of nitrogens with zero attached hydrogens (tertiary/aromatic N) is 2. The van der Waals surface area contributed by atoms with Gasteiger partial charge in [0.1, 0.15) is 5.56 Å². The lowest BCUT2D eigenvalue weighted by Gasteiger charge is -2.25. The number of pyridine rings is 1. The van der Waals surface area contributed by atoms with Crippen LogP contribution in [0.15, 0.2) is 42.6 Å². The van der Waals surface area contributed by atoms with Gasteiger partial charge in [-0.15, -0.1) is 0 Å². The Balaban J connectivity index is 1.61. The summed E-state index contributed by atoms with van der Waals surface area (Å²) in [5.74, 6) is 0.194. The minimum Gasteiger partial charge on any atom is -0.480 e. The fourth-order valence-electron chi connectivity index (χ4n) is 3.08. The van der Waals surface area contributed by atoms with Crippen LogP contribution >= 0.6 is 0 Å². The lowest BCUT2D eigenvalue weighted by atomic mass is 10.1. The molecule has 23 heavy (non-hydrogen) atoms. The van der Waals surface area contributed by atoms with Gasteiger partial charge in [-0.3, -0.25) is 4.79 Å². The SMILES string of the molecule is COc1ncccc1C(=O)NCCN1c2ccccc2CC1C. The fraction of sp³-hybridized carbons (Fsp3) is 0.333. The Morgan fingerprint density at radius 1 is 1.35 bits per heavy atom. The molecule has 1 amide bonds. The number of rotatable bonds is 5. The molecular weight excluding hydrogens is 290 g/mol. The molecule has 1 aliphatic heterocycles. The highest BCUT2D eigenvalue weighted by Gasteiger charge is 2.25. The van der Waals surface area contributed by atoms with E-state index in [4.69, 9.17) is 4.74 Å². The van der Waals surface area contributed by atoms with Gasteiger partial charge in [-0.2, -0.15) is 0 Å². The first-order valence-corrected chi connectivity index (χ1v) is 7.82. The Hall–Kier alpha value is -2.56. The Bertz CT molecular complexity index is 702. The van der Waals surface area contributed by atoms with Crippen molar-refractivity contribution < 1.29 is 9.53 Å². The molecule has 3 rings (SSSR count). The minimum absolute atomic E-state index is 0.157. The minimum atomic E-state index is -0.157. The summed E-state index contributed by atoms with van der Waals surface area (Å²) >= 11 is 0. The number of hydrogen-bond acceptors (Lipinski definition) is 4. The largest absolute Gasteiger partial charge is 0.480 e. The molecule has 2 heterocycles. The molecule has 1 aliphatic rings. The molecule has 0 saturated carbocycles. The summed E-state index contributed by atoms with van der Waals surface area (Å²) in [5.41, 5.74) is 3.11. The Kier molecular flexibility index (Phi) is 4.46. The highest BCUT2D eigenvalue weighted by molar-refractivity contribution is 5.96. The van der Waals surface area contributed by atoms with Crippen molar-refractivity contribution >= 4 is 11.6 Å². The number of carbonyl (C=O) groups excluding carboxylic acids is 1. The molecule has 1 aromatic carbocycles. The number of anilines is 1. The number of para-hydroxylation sites is 1. The van der Waals surface area contributed by atoms with Gasteiger partial charge in [0, 0.05) is 31.0 Å². The van der Waals surface area contributed by atoms with Crippen molar-refractivity contribution in [2.24, 2.45) is 0 Å². The van der Waals surface area contributed by atoms with Crippen molar-refractivity contribution in [3.05, 3.63) is 53.7 Å². The first kappa shape index (κ1) is 15.3. The van der Waals surface area contributed by atoms with E-state index in [9.17, 15) is 4.79 Å². The number of nitrogens with one attached hydrogen (secondary N) is 1. The number of carbonyl (C=O) groups is 1. The van der Waals surface area contributed by atoms with E-state index >= 15 is 0 Å². The number of fused-ring (bicyclic) bond motifs is 1. The van der Waals surface area contributed by atoms with E-state index in [0.717, 1.165) is 13.0 Å². The van der Waals surface area contributed by atoms with Crippen LogP contribution in [0.4, 0.5) is 5.69 Å². The van der Waals surface area contributed by atoms with Crippen molar-refractivity contribution in [2.45, 2.75) is 19.4 Å². The summed E-state index contributed by atoms with van der Waals surface area (Å²) in [5, 5.41) is 2.95. The highest BCUT2D eigenvalue weighted by Crippen LogP contribution is 2.31. The maximum Gasteiger partial charge on any atom is 0.256 e. The van der Waals surface area contributed by atoms with E-state index in [1.54, 1.807) is 18.3 Å². The van der Waals surface area contributed by atoms with Crippen molar-refractivity contribution in [2.75, 3.05) is 25.1 Å². The van der Waals surface area contributed by atoms with E-state index in [1.807, 2.05) is 0 Å². The van der Waals surface area contributed by atoms with Crippen LogP contribution in [0.25, 0.3) is 0 Å². The van der Waals surface area contributed by atoms with Gasteiger partial charge in [-0.25, -0.2) is 4.98 Å². The number of ether oxygens (including phenoxy) is 1. The zero-order valence-electron chi connectivity index (χ0n) is 13.5. The third kappa shape index (κ3) is 3.13. The van der Waals surface area contributed by atoms with Gasteiger partial charge in [-0.1, -0.05) is 18.2 Å². The van der Waals surface area contributed by atoms with E-state index < -0.39 is 0 Å². The lowest BCUT2D eigenvalue weighted by molar-refractivity contribution is 0.0950. The molecule has 1 atom stereocenters. The van der Waals surface area contributed by atoms with Crippen molar-refractivity contribution in [3.8, 4) is 5.88 Å². The molecule has 5 nitrogen and oxygen atoms in total. The van der Waals surface area contributed by atoms with Gasteiger partial charge in [0.15, 0.2) is 0 Å². The molecule has 2 aromatic rings. The first-order valence-electron chi connectivity index (χ1n) is 7.82. The second-order valence-electron chi connectivity index (χ2n) is 5.69. The maximum atomic E-state index is 12.3. The highest BCUT2D eigenvalue weighted by atomic mass is 16.5. The van der Waals surface area contributed by atoms with E-state index in [0.29, 0.717) is 24.0 Å². The molecule has 1 N–H and O–H groups in total. The molecule has 0 fully saturated rings. The normalized spacial score (nSPS) is 16.1. The summed E-state index contributed by atoms with van der Waals surface area (Å²) in [7, 11) is 1.52. The zero-order valence-corrected chi connectivity index (χ0v) is 13.5. The van der Waals surface area contributed by atoms with Gasteiger partial charge in [0.25, 0.3) is 5.91 Å². The third-order valence-corrected chi connectivity index (χ3v) is 4.20. The number of methoxy groups -OCH3 is 1. The first-order chi connectivity index (χ1) is 11.2. The van der Waals surface area contributed by atoms with Gasteiger partial charge in [0.2, 0.25) is 5.88 Å². The van der Waals surface area contributed by atoms with Crippen LogP contribution in [0.5, 0.6) is 5.88 Å². The Morgan fingerprint density at radius 3 is 3.00 bits per heavy atom. The van der Waals surface area contributed by atoms with Gasteiger partial charge >= 0.3 is 0 Å². The molecule has 0 saturated heterocycles. The number of hydrogen-bond donors (Lipinski definition) is 1. The number of amides is 1. The second-order valence-corrected chi connectivity index (χ2v) is 5.69. The fourth-order valence-corrected chi connectivity index (χ4v) is 3.08. The predicted octanol–water partition coefficient (Wildman–Crippen LogP) is 2.27. The second kappa shape index (κ2) is 6.69. The van der Waals surface area contributed by atoms with Crippen LogP contribution in [0.2, 0.25) is 0 Å². The molecule has 0 spiro atoms. The molecule has 5 heteroatoms. The molecular formula is C18H21N3O2. The topological polar surface area (TPSA) is 54.5 Å². The molecule has 0 radical (unpaired) electrons. The number of benzene rings is 1. The molecule has 1 unspecified atom stereocenters. The molecule has 120 valence electrons. The van der Waals surface area contributed by atoms with Crippen LogP contribution < -0.4 is 15.0 Å². The van der Waals surface area contributed by atoms with Crippen LogP contribution in [0.3, 0.4) is 0 Å². The van der Waals surface area contributed by atoms with Crippen molar-refractivity contribution in [1.29, 1.82) is 0 Å². The monoisotopic (exact) mass is 311 g/mol. The van der Waals surface area contributed by atoms with Gasteiger partial charge < -0.3 is 15.0 Å². The van der Waals surface area contributed by atoms with Gasteiger partial charge in [0.05, 0.1) is 7.11 Å². The standard InChI is InChI=1S/C18H21N3O2/c1-13-12-14-6-3-4-8-16(14)21(13)11-10-19-17(22)15-7-5-9-20-18(15)23-2/h3-9,13H,10-12H2,1-2H3,(H,19,22). The summed E-state index contributed by atoms with van der Waals surface area (Å²) < 4.78 is 5.13. The van der Waals surface area contributed by atoms with Crippen molar-refractivity contribution in [3.63, 3.8) is 0 Å². The van der Waals surface area contributed by atoms with Crippen molar-refractivity contribution in [1.82, 2.24) is 10.3 Å². The Morgan fingerprint density at radius 2 is 2.17 bits per heavy atom. The molecule has 0 aliphatic carbocycles. The van der Waals surface area contributed by atoms with E-state index in [1.165, 1.54) is 18.4 Å². The van der Waals surface area contributed by atoms with Crippen LogP contribution in [0, 0.1) is 0 Å². The maximum absolute atomic E-state index is 12.3. The third-order valence-electron chi connectivity index (χ3n) is 4.20. The summed E-state index contributed by atoms with van der Waals surface area (Å²) in [6, 6.07) is 12.4. The van der Waals surface area contributed by atoms with E-state index in [-0.39, 0.29) is 5.91 Å². The zero-order chi connectivity index (χ0) is 16.2. The Labute approximate surface area is 136 Å². The summed E-state index contributed by atoms with van der Waals surface area (Å²) in [6.45, 7) is 3.58. The number of aromatic nitrogens is 1. The summed E-state index contributed by atoms with van der Waals surface area (Å²) in [6.07, 6.45) is 2.67. The van der Waals surface area contributed by atoms with Crippen LogP contribution in [0.1, 0.15) is 22.8 Å². The average molecular weight is 311 g/mol. The van der Waals surface area contributed by atoms with Crippen LogP contribution in [-0.2, 0) is 6.42 Å². The molecule has 1 aromatic heterocycles. The predicted molar refractivity (Wildman–Crippen MR) is 90.1 cm³/mol. The summed E-state index contributed by atoms with van der Waals surface area (Å²) in [4.78, 5) is 18.7.